The molecule has 0 unspecified atom stereocenters. The fourth-order valence-electron chi connectivity index (χ4n) is 4.31. The molecule has 0 spiro atoms. The van der Waals surface area contributed by atoms with Gasteiger partial charge in [0, 0.05) is 6.04 Å². The molecule has 0 radical (unpaired) electrons. The number of rotatable bonds is 3. The summed E-state index contributed by atoms with van der Waals surface area (Å²) >= 11 is 1.51. The van der Waals surface area contributed by atoms with Crippen LogP contribution in [0.1, 0.15) is 69.8 Å². The third-order valence-electron chi connectivity index (χ3n) is 5.81. The third-order valence-corrected chi connectivity index (χ3v) is 6.81. The summed E-state index contributed by atoms with van der Waals surface area (Å²) in [7, 11) is 0. The summed E-state index contributed by atoms with van der Waals surface area (Å²) in [5.41, 5.74) is 0.856. The first-order valence-electron chi connectivity index (χ1n) is 10.3. The van der Waals surface area contributed by atoms with Gasteiger partial charge in [0.2, 0.25) is 0 Å². The molecule has 0 aromatic heterocycles. The number of hydrogen-bond acceptors (Lipinski definition) is 3. The van der Waals surface area contributed by atoms with Crippen LogP contribution in [0, 0.1) is 5.82 Å². The first kappa shape index (κ1) is 18.7. The van der Waals surface area contributed by atoms with E-state index in [0.29, 0.717) is 10.9 Å². The lowest BCUT2D eigenvalue weighted by Crippen LogP contribution is -2.41. The van der Waals surface area contributed by atoms with Crippen LogP contribution in [0.5, 0.6) is 0 Å². The van der Waals surface area contributed by atoms with Crippen molar-refractivity contribution in [2.45, 2.75) is 76.3 Å². The van der Waals surface area contributed by atoms with Crippen LogP contribution in [-0.4, -0.2) is 28.1 Å². The zero-order valence-corrected chi connectivity index (χ0v) is 16.5. The standard InChI is InChI=1S/C22H27FN2OS/c23-17-13-11-16(12-14-17)15-20-21(26)25(19-9-5-2-6-10-19)22(27-20)24-18-7-3-1-4-8-18/h11-15,18-19H,1-10H2. The largest absolute Gasteiger partial charge is 0.284 e. The highest BCUT2D eigenvalue weighted by molar-refractivity contribution is 8.18. The van der Waals surface area contributed by atoms with Crippen LogP contribution in [0.4, 0.5) is 4.39 Å². The molecule has 2 aliphatic carbocycles. The summed E-state index contributed by atoms with van der Waals surface area (Å²) in [4.78, 5) is 20.9. The number of nitrogens with zero attached hydrogens (tertiary/aromatic N) is 2. The molecule has 3 aliphatic rings. The number of aliphatic imine (C=N–C) groups is 1. The third kappa shape index (κ3) is 4.45. The minimum Gasteiger partial charge on any atom is -0.284 e. The van der Waals surface area contributed by atoms with Gasteiger partial charge in [-0.2, -0.15) is 0 Å². The number of thioether (sulfide) groups is 1. The second kappa shape index (κ2) is 8.59. The zero-order valence-electron chi connectivity index (χ0n) is 15.7. The molecule has 0 bridgehead atoms. The molecule has 5 heteroatoms. The Morgan fingerprint density at radius 3 is 2.26 bits per heavy atom. The minimum atomic E-state index is -0.258. The summed E-state index contributed by atoms with van der Waals surface area (Å²) in [5, 5.41) is 0.896. The van der Waals surface area contributed by atoms with Crippen molar-refractivity contribution in [2.24, 2.45) is 4.99 Å². The van der Waals surface area contributed by atoms with Crippen molar-refractivity contribution in [1.82, 2.24) is 4.90 Å². The van der Waals surface area contributed by atoms with Crippen LogP contribution in [0.25, 0.3) is 6.08 Å². The second-order valence-electron chi connectivity index (χ2n) is 7.83. The first-order chi connectivity index (χ1) is 13.2. The summed E-state index contributed by atoms with van der Waals surface area (Å²) in [6.45, 7) is 0. The number of hydrogen-bond donors (Lipinski definition) is 0. The molecule has 4 rings (SSSR count). The van der Waals surface area contributed by atoms with Crippen LogP contribution in [0.2, 0.25) is 0 Å². The first-order valence-corrected chi connectivity index (χ1v) is 11.1. The predicted octanol–water partition coefficient (Wildman–Crippen LogP) is 5.76. The van der Waals surface area contributed by atoms with Crippen LogP contribution < -0.4 is 0 Å². The van der Waals surface area contributed by atoms with Crippen molar-refractivity contribution in [3.8, 4) is 0 Å². The molecule has 3 fully saturated rings. The fourth-order valence-corrected chi connectivity index (χ4v) is 5.42. The van der Waals surface area contributed by atoms with E-state index >= 15 is 0 Å². The molecule has 0 atom stereocenters. The number of amidine groups is 1. The molecule has 3 nitrogen and oxygen atoms in total. The molecule has 1 amide bonds. The number of amides is 1. The lowest BCUT2D eigenvalue weighted by atomic mass is 9.94. The molecular weight excluding hydrogens is 359 g/mol. The van der Waals surface area contributed by atoms with Gasteiger partial charge in [-0.3, -0.25) is 14.7 Å². The van der Waals surface area contributed by atoms with Crippen LogP contribution in [0.15, 0.2) is 34.2 Å². The molecule has 1 aromatic rings. The zero-order chi connectivity index (χ0) is 18.6. The van der Waals surface area contributed by atoms with Gasteiger partial charge in [-0.25, -0.2) is 4.39 Å². The Morgan fingerprint density at radius 2 is 1.59 bits per heavy atom. The minimum absolute atomic E-state index is 0.0748. The quantitative estimate of drug-likeness (QED) is 0.618. The van der Waals surface area contributed by atoms with Gasteiger partial charge < -0.3 is 0 Å². The number of carbonyl (C=O) groups excluding carboxylic acids is 1. The highest BCUT2D eigenvalue weighted by Gasteiger charge is 2.39. The van der Waals surface area contributed by atoms with Gasteiger partial charge >= 0.3 is 0 Å². The number of carbonyl (C=O) groups is 1. The van der Waals surface area contributed by atoms with E-state index in [0.717, 1.165) is 36.4 Å². The fraction of sp³-hybridized carbons (Fsp3) is 0.545. The predicted molar refractivity (Wildman–Crippen MR) is 110 cm³/mol. The number of benzene rings is 1. The molecule has 27 heavy (non-hydrogen) atoms. The average Bonchev–Trinajstić information content (AvgIpc) is 3.00. The monoisotopic (exact) mass is 386 g/mol. The van der Waals surface area contributed by atoms with E-state index in [2.05, 4.69) is 0 Å². The Bertz CT molecular complexity index is 731. The molecule has 1 saturated heterocycles. The van der Waals surface area contributed by atoms with E-state index in [1.54, 1.807) is 12.1 Å². The van der Waals surface area contributed by atoms with E-state index in [4.69, 9.17) is 4.99 Å². The molecule has 1 aromatic carbocycles. The van der Waals surface area contributed by atoms with Gasteiger partial charge in [-0.1, -0.05) is 50.7 Å². The Balaban J connectivity index is 1.61. The van der Waals surface area contributed by atoms with Gasteiger partial charge in [0.25, 0.3) is 5.91 Å². The Morgan fingerprint density at radius 1 is 0.963 bits per heavy atom. The topological polar surface area (TPSA) is 32.7 Å². The summed E-state index contributed by atoms with van der Waals surface area (Å²) in [6.07, 6.45) is 13.7. The van der Waals surface area contributed by atoms with Crippen LogP contribution in [0.3, 0.4) is 0 Å². The summed E-state index contributed by atoms with van der Waals surface area (Å²) in [5.74, 6) is -0.184. The Labute approximate surface area is 165 Å². The smallest absolute Gasteiger partial charge is 0.266 e. The molecule has 0 N–H and O–H groups in total. The molecule has 1 heterocycles. The van der Waals surface area contributed by atoms with E-state index in [9.17, 15) is 9.18 Å². The SMILES string of the molecule is O=C1C(=Cc2ccc(F)cc2)SC(=NC2CCCCC2)N1C1CCCCC1. The highest BCUT2D eigenvalue weighted by atomic mass is 32.2. The van der Waals surface area contributed by atoms with Crippen molar-refractivity contribution < 1.29 is 9.18 Å². The van der Waals surface area contributed by atoms with Gasteiger partial charge in [0.15, 0.2) is 5.17 Å². The van der Waals surface area contributed by atoms with Gasteiger partial charge in [0.05, 0.1) is 10.9 Å². The van der Waals surface area contributed by atoms with E-state index in [1.807, 2.05) is 11.0 Å². The second-order valence-corrected chi connectivity index (χ2v) is 8.84. The van der Waals surface area contributed by atoms with Crippen molar-refractivity contribution >= 4 is 28.9 Å². The lowest BCUT2D eigenvalue weighted by Gasteiger charge is -2.31. The van der Waals surface area contributed by atoms with Crippen molar-refractivity contribution in [3.05, 3.63) is 40.6 Å². The van der Waals surface area contributed by atoms with Crippen LogP contribution in [-0.2, 0) is 4.79 Å². The molecule has 144 valence electrons. The average molecular weight is 387 g/mol. The number of halogens is 1. The lowest BCUT2D eigenvalue weighted by molar-refractivity contribution is -0.124. The normalized spacial score (nSPS) is 25.7. The Hall–Kier alpha value is -1.62. The van der Waals surface area contributed by atoms with Crippen molar-refractivity contribution in [3.63, 3.8) is 0 Å². The van der Waals surface area contributed by atoms with E-state index in [-0.39, 0.29) is 17.8 Å². The maximum absolute atomic E-state index is 13.2. The molecule has 2 saturated carbocycles. The highest BCUT2D eigenvalue weighted by Crippen LogP contribution is 2.38. The van der Waals surface area contributed by atoms with Gasteiger partial charge in [-0.15, -0.1) is 0 Å². The maximum Gasteiger partial charge on any atom is 0.266 e. The molecular formula is C22H27FN2OS. The Kier molecular flexibility index (Phi) is 5.96. The van der Waals surface area contributed by atoms with Gasteiger partial charge in [0.1, 0.15) is 5.82 Å². The van der Waals surface area contributed by atoms with Crippen molar-refractivity contribution in [2.75, 3.05) is 0 Å². The van der Waals surface area contributed by atoms with Gasteiger partial charge in [-0.05, 0) is 61.2 Å². The van der Waals surface area contributed by atoms with E-state index in [1.165, 1.54) is 62.4 Å². The summed E-state index contributed by atoms with van der Waals surface area (Å²) < 4.78 is 13.2. The van der Waals surface area contributed by atoms with Crippen LogP contribution >= 0.6 is 11.8 Å². The van der Waals surface area contributed by atoms with E-state index < -0.39 is 0 Å². The van der Waals surface area contributed by atoms with Crippen molar-refractivity contribution in [1.29, 1.82) is 0 Å². The molecule has 1 aliphatic heterocycles. The summed E-state index contributed by atoms with van der Waals surface area (Å²) in [6, 6.07) is 6.94. The maximum atomic E-state index is 13.2.